The van der Waals surface area contributed by atoms with Crippen LogP contribution in [0, 0.1) is 23.7 Å². The Balaban J connectivity index is 1.46. The first-order valence-electron chi connectivity index (χ1n) is 12.6. The van der Waals surface area contributed by atoms with Crippen LogP contribution >= 0.6 is 0 Å². The van der Waals surface area contributed by atoms with Gasteiger partial charge in [-0.15, -0.1) is 0 Å². The van der Waals surface area contributed by atoms with Crippen molar-refractivity contribution in [2.75, 3.05) is 6.61 Å². The van der Waals surface area contributed by atoms with Crippen LogP contribution in [0.25, 0.3) is 11.1 Å². The van der Waals surface area contributed by atoms with Gasteiger partial charge < -0.3 is 4.74 Å². The Kier molecular flexibility index (Phi) is 10.0. The summed E-state index contributed by atoms with van der Waals surface area (Å²) in [5, 5.41) is 0. The van der Waals surface area contributed by atoms with Gasteiger partial charge in [-0.25, -0.2) is 0 Å². The molecule has 2 aromatic rings. The molecule has 31 heavy (non-hydrogen) atoms. The molecule has 0 spiro atoms. The molecule has 3 rings (SSSR count). The normalized spacial score (nSPS) is 18.3. The molecule has 0 unspecified atom stereocenters. The van der Waals surface area contributed by atoms with Crippen LogP contribution in [0.5, 0.6) is 5.75 Å². The van der Waals surface area contributed by atoms with E-state index >= 15 is 0 Å². The minimum Gasteiger partial charge on any atom is -0.494 e. The average Bonchev–Trinajstić information content (AvgIpc) is 2.82. The van der Waals surface area contributed by atoms with Gasteiger partial charge in [-0.2, -0.15) is 0 Å². The Morgan fingerprint density at radius 2 is 1.39 bits per heavy atom. The lowest BCUT2D eigenvalue weighted by Gasteiger charge is -2.25. The second kappa shape index (κ2) is 13.3. The molecule has 0 atom stereocenters. The molecule has 1 saturated carbocycles. The highest BCUT2D eigenvalue weighted by molar-refractivity contribution is 5.65. The van der Waals surface area contributed by atoms with E-state index in [2.05, 4.69) is 74.2 Å². The Morgan fingerprint density at radius 1 is 0.742 bits per heavy atom. The largest absolute Gasteiger partial charge is 0.494 e. The van der Waals surface area contributed by atoms with Crippen molar-refractivity contribution in [3.63, 3.8) is 0 Å². The highest BCUT2D eigenvalue weighted by Gasteiger charge is 2.18. The van der Waals surface area contributed by atoms with Crippen LogP contribution < -0.4 is 4.74 Å². The fraction of sp³-hybridized carbons (Fsp3) is 0.533. The summed E-state index contributed by atoms with van der Waals surface area (Å²) in [6, 6.07) is 17.2. The average molecular weight is 417 g/mol. The van der Waals surface area contributed by atoms with Crippen molar-refractivity contribution in [2.24, 2.45) is 11.8 Å². The zero-order valence-electron chi connectivity index (χ0n) is 19.7. The first-order chi connectivity index (χ1) is 15.3. The van der Waals surface area contributed by atoms with Gasteiger partial charge in [0.1, 0.15) is 5.75 Å². The van der Waals surface area contributed by atoms with E-state index in [4.69, 9.17) is 4.74 Å². The van der Waals surface area contributed by atoms with Crippen LogP contribution in [-0.2, 0) is 0 Å². The number of rotatable bonds is 10. The molecule has 0 N–H and O–H groups in total. The van der Waals surface area contributed by atoms with Gasteiger partial charge in [0.05, 0.1) is 6.61 Å². The van der Waals surface area contributed by atoms with Gasteiger partial charge in [0.25, 0.3) is 0 Å². The van der Waals surface area contributed by atoms with Gasteiger partial charge in [-0.05, 0) is 73.4 Å². The summed E-state index contributed by atoms with van der Waals surface area (Å²) in [6.45, 7) is 5.36. The van der Waals surface area contributed by atoms with E-state index in [1.165, 1.54) is 75.3 Å². The van der Waals surface area contributed by atoms with Crippen LogP contribution in [0.4, 0.5) is 0 Å². The van der Waals surface area contributed by atoms with E-state index in [1.807, 2.05) is 0 Å². The van der Waals surface area contributed by atoms with E-state index in [9.17, 15) is 0 Å². The molecule has 0 aromatic heterocycles. The molecule has 1 heteroatoms. The summed E-state index contributed by atoms with van der Waals surface area (Å²) >= 11 is 0. The molecule has 0 radical (unpaired) electrons. The van der Waals surface area contributed by atoms with Gasteiger partial charge in [-0.1, -0.05) is 88.5 Å². The van der Waals surface area contributed by atoms with Crippen LogP contribution in [0.15, 0.2) is 48.5 Å². The molecule has 0 heterocycles. The fourth-order valence-electron chi connectivity index (χ4n) is 4.57. The van der Waals surface area contributed by atoms with E-state index in [-0.39, 0.29) is 0 Å². The summed E-state index contributed by atoms with van der Waals surface area (Å²) in [5.74, 6) is 9.46. The molecule has 0 saturated heterocycles. The Bertz CT molecular complexity index is 798. The Labute approximate surface area is 190 Å². The molecule has 0 bridgehead atoms. The first-order valence-corrected chi connectivity index (χ1v) is 12.6. The lowest BCUT2D eigenvalue weighted by molar-refractivity contribution is 0.300. The number of unbranched alkanes of at least 4 members (excludes halogenated alkanes) is 4. The molecular formula is C30H40O. The zero-order valence-corrected chi connectivity index (χ0v) is 19.7. The van der Waals surface area contributed by atoms with E-state index in [1.54, 1.807) is 0 Å². The third kappa shape index (κ3) is 8.10. The predicted molar refractivity (Wildman–Crippen MR) is 133 cm³/mol. The lowest BCUT2D eigenvalue weighted by atomic mass is 9.80. The van der Waals surface area contributed by atoms with Crippen molar-refractivity contribution in [3.8, 4) is 28.7 Å². The number of ether oxygens (including phenoxy) is 1. The van der Waals surface area contributed by atoms with Crippen molar-refractivity contribution in [1.29, 1.82) is 0 Å². The SMILES string of the molecule is CCCCCCCOc1ccc(-c2ccc(C#C[C@H]3CC[C@H](CCC)CC3)cc2)cc1. The van der Waals surface area contributed by atoms with Crippen molar-refractivity contribution in [3.05, 3.63) is 54.1 Å². The van der Waals surface area contributed by atoms with Crippen molar-refractivity contribution < 1.29 is 4.74 Å². The molecule has 0 amide bonds. The Morgan fingerprint density at radius 3 is 2.03 bits per heavy atom. The van der Waals surface area contributed by atoms with Crippen LogP contribution in [0.2, 0.25) is 0 Å². The predicted octanol–water partition coefficient (Wildman–Crippen LogP) is 8.66. The van der Waals surface area contributed by atoms with E-state index < -0.39 is 0 Å². The second-order valence-corrected chi connectivity index (χ2v) is 9.14. The van der Waals surface area contributed by atoms with Crippen molar-refractivity contribution in [2.45, 2.75) is 84.5 Å². The summed E-state index contributed by atoms with van der Waals surface area (Å²) in [6.07, 6.45) is 14.4. The summed E-state index contributed by atoms with van der Waals surface area (Å²) in [5.41, 5.74) is 3.59. The molecule has 1 aliphatic carbocycles. The summed E-state index contributed by atoms with van der Waals surface area (Å²) in [7, 11) is 0. The lowest BCUT2D eigenvalue weighted by Crippen LogP contribution is -2.13. The maximum Gasteiger partial charge on any atom is 0.119 e. The maximum absolute atomic E-state index is 5.89. The highest BCUT2D eigenvalue weighted by Crippen LogP contribution is 2.31. The minimum absolute atomic E-state index is 0.590. The number of benzene rings is 2. The van der Waals surface area contributed by atoms with Gasteiger partial charge in [-0.3, -0.25) is 0 Å². The van der Waals surface area contributed by atoms with Crippen LogP contribution in [0.1, 0.15) is 90.0 Å². The molecule has 1 aliphatic rings. The molecule has 1 fully saturated rings. The van der Waals surface area contributed by atoms with Gasteiger partial charge in [0, 0.05) is 11.5 Å². The van der Waals surface area contributed by atoms with Gasteiger partial charge >= 0.3 is 0 Å². The third-order valence-electron chi connectivity index (χ3n) is 6.55. The van der Waals surface area contributed by atoms with E-state index in [0.717, 1.165) is 30.3 Å². The van der Waals surface area contributed by atoms with Gasteiger partial charge in [0.15, 0.2) is 0 Å². The van der Waals surface area contributed by atoms with Crippen LogP contribution in [-0.4, -0.2) is 6.61 Å². The monoisotopic (exact) mass is 416 g/mol. The molecular weight excluding hydrogens is 376 g/mol. The van der Waals surface area contributed by atoms with Crippen molar-refractivity contribution >= 4 is 0 Å². The van der Waals surface area contributed by atoms with Crippen LogP contribution in [0.3, 0.4) is 0 Å². The number of hydrogen-bond acceptors (Lipinski definition) is 1. The molecule has 166 valence electrons. The molecule has 1 nitrogen and oxygen atoms in total. The standard InChI is InChI=1S/C30H40O/c1-3-5-6-7-8-24-31-30-22-20-29(21-23-30)28-18-16-27(17-19-28)15-14-26-12-10-25(9-4-2)11-13-26/h16-23,25-26H,3-13,24H2,1-2H3/t25-,26-. The Hall–Kier alpha value is -2.20. The topological polar surface area (TPSA) is 9.23 Å². The maximum atomic E-state index is 5.89. The summed E-state index contributed by atoms with van der Waals surface area (Å²) in [4.78, 5) is 0. The highest BCUT2D eigenvalue weighted by atomic mass is 16.5. The number of hydrogen-bond donors (Lipinski definition) is 0. The molecule has 0 aliphatic heterocycles. The van der Waals surface area contributed by atoms with Gasteiger partial charge in [0.2, 0.25) is 0 Å². The smallest absolute Gasteiger partial charge is 0.119 e. The second-order valence-electron chi connectivity index (χ2n) is 9.14. The fourth-order valence-corrected chi connectivity index (χ4v) is 4.57. The van der Waals surface area contributed by atoms with E-state index in [0.29, 0.717) is 5.92 Å². The first kappa shape index (κ1) is 23.5. The quantitative estimate of drug-likeness (QED) is 0.278. The summed E-state index contributed by atoms with van der Waals surface area (Å²) < 4.78 is 5.89. The third-order valence-corrected chi connectivity index (χ3v) is 6.55. The molecule has 2 aromatic carbocycles. The zero-order chi connectivity index (χ0) is 21.7. The minimum atomic E-state index is 0.590. The van der Waals surface area contributed by atoms with Crippen molar-refractivity contribution in [1.82, 2.24) is 0 Å².